The number of aromatic nitrogens is 1. The van der Waals surface area contributed by atoms with E-state index in [2.05, 4.69) is 24.1 Å². The maximum atomic E-state index is 5.50. The van der Waals surface area contributed by atoms with Crippen molar-refractivity contribution in [3.63, 3.8) is 0 Å². The van der Waals surface area contributed by atoms with Crippen LogP contribution in [-0.2, 0) is 6.54 Å². The zero-order valence-corrected chi connectivity index (χ0v) is 10.6. The number of thiazole rings is 1. The molecule has 2 aromatic rings. The summed E-state index contributed by atoms with van der Waals surface area (Å²) in [7, 11) is 0. The van der Waals surface area contributed by atoms with Crippen LogP contribution in [0, 0.1) is 13.8 Å². The number of rotatable bonds is 4. The van der Waals surface area contributed by atoms with Crippen molar-refractivity contribution in [2.45, 2.75) is 33.4 Å². The van der Waals surface area contributed by atoms with Gasteiger partial charge in [-0.15, -0.1) is 11.3 Å². The van der Waals surface area contributed by atoms with Crippen LogP contribution in [0.15, 0.2) is 22.7 Å². The van der Waals surface area contributed by atoms with Crippen molar-refractivity contribution in [1.29, 1.82) is 0 Å². The van der Waals surface area contributed by atoms with Crippen LogP contribution in [0.25, 0.3) is 0 Å². The molecule has 0 saturated carbocycles. The predicted molar refractivity (Wildman–Crippen MR) is 65.6 cm³/mol. The van der Waals surface area contributed by atoms with Crippen LogP contribution in [0.5, 0.6) is 0 Å². The Balaban J connectivity index is 1.91. The number of aryl methyl sites for hydroxylation is 2. The van der Waals surface area contributed by atoms with Gasteiger partial charge in [0.05, 0.1) is 12.6 Å². The normalized spacial score (nSPS) is 12.9. The molecule has 0 spiro atoms. The molecule has 0 bridgehead atoms. The molecule has 4 heteroatoms. The van der Waals surface area contributed by atoms with E-state index < -0.39 is 0 Å². The van der Waals surface area contributed by atoms with Crippen molar-refractivity contribution >= 4 is 11.3 Å². The summed E-state index contributed by atoms with van der Waals surface area (Å²) in [5, 5.41) is 4.52. The maximum Gasteiger partial charge on any atom is 0.117 e. The Kier molecular flexibility index (Phi) is 3.41. The highest BCUT2D eigenvalue weighted by atomic mass is 32.1. The Morgan fingerprint density at radius 2 is 2.25 bits per heavy atom. The van der Waals surface area contributed by atoms with E-state index in [0.717, 1.165) is 23.1 Å². The summed E-state index contributed by atoms with van der Waals surface area (Å²) < 4.78 is 5.50. The lowest BCUT2D eigenvalue weighted by Gasteiger charge is -2.09. The van der Waals surface area contributed by atoms with Crippen molar-refractivity contribution < 1.29 is 4.42 Å². The van der Waals surface area contributed by atoms with Gasteiger partial charge in [0.1, 0.15) is 16.5 Å². The fourth-order valence-corrected chi connectivity index (χ4v) is 2.29. The van der Waals surface area contributed by atoms with Gasteiger partial charge in [0.15, 0.2) is 0 Å². The highest BCUT2D eigenvalue weighted by Crippen LogP contribution is 2.19. The zero-order chi connectivity index (χ0) is 11.5. The second kappa shape index (κ2) is 4.80. The Hall–Kier alpha value is -1.13. The number of nitrogens with zero attached hydrogens (tertiary/aromatic N) is 1. The van der Waals surface area contributed by atoms with E-state index >= 15 is 0 Å². The van der Waals surface area contributed by atoms with Gasteiger partial charge in [-0.1, -0.05) is 0 Å². The van der Waals surface area contributed by atoms with Crippen molar-refractivity contribution in [2.75, 3.05) is 0 Å². The topological polar surface area (TPSA) is 38.1 Å². The molecule has 0 aliphatic carbocycles. The van der Waals surface area contributed by atoms with Gasteiger partial charge in [-0.2, -0.15) is 0 Å². The molecular weight excluding hydrogens is 220 g/mol. The number of hydrogen-bond donors (Lipinski definition) is 1. The van der Waals surface area contributed by atoms with Crippen LogP contribution in [0.1, 0.15) is 34.4 Å². The van der Waals surface area contributed by atoms with E-state index in [1.165, 1.54) is 4.88 Å². The second-order valence-electron chi connectivity index (χ2n) is 3.92. The highest BCUT2D eigenvalue weighted by Gasteiger charge is 2.09. The summed E-state index contributed by atoms with van der Waals surface area (Å²) in [5.41, 5.74) is 0. The lowest BCUT2D eigenvalue weighted by molar-refractivity contribution is 0.444. The van der Waals surface area contributed by atoms with E-state index in [0.29, 0.717) is 0 Å². The van der Waals surface area contributed by atoms with E-state index in [9.17, 15) is 0 Å². The highest BCUT2D eigenvalue weighted by molar-refractivity contribution is 7.11. The summed E-state index contributed by atoms with van der Waals surface area (Å²) >= 11 is 1.73. The standard InChI is InChI=1S/C12H16N2OS/c1-8-4-5-11(15-8)7-13-10(3)12-14-6-9(2)16-12/h4-6,10,13H,7H2,1-3H3. The van der Waals surface area contributed by atoms with Crippen LogP contribution in [0.3, 0.4) is 0 Å². The Morgan fingerprint density at radius 1 is 1.44 bits per heavy atom. The molecule has 2 rings (SSSR count). The fraction of sp³-hybridized carbons (Fsp3) is 0.417. The molecule has 0 amide bonds. The number of hydrogen-bond acceptors (Lipinski definition) is 4. The van der Waals surface area contributed by atoms with Crippen molar-refractivity contribution in [2.24, 2.45) is 0 Å². The molecule has 0 saturated heterocycles. The van der Waals surface area contributed by atoms with Crippen molar-refractivity contribution in [3.8, 4) is 0 Å². The van der Waals surface area contributed by atoms with Crippen molar-refractivity contribution in [3.05, 3.63) is 39.7 Å². The Bertz CT molecular complexity index is 461. The molecule has 2 heterocycles. The quantitative estimate of drug-likeness (QED) is 0.885. The van der Waals surface area contributed by atoms with Gasteiger partial charge in [0.25, 0.3) is 0 Å². The van der Waals surface area contributed by atoms with Gasteiger partial charge < -0.3 is 9.73 Å². The van der Waals surface area contributed by atoms with E-state index in [1.807, 2.05) is 25.3 Å². The molecule has 1 atom stereocenters. The average Bonchev–Trinajstić information content (AvgIpc) is 2.84. The summed E-state index contributed by atoms with van der Waals surface area (Å²) in [6.45, 7) is 6.89. The minimum absolute atomic E-state index is 0.268. The minimum Gasteiger partial charge on any atom is -0.465 e. The summed E-state index contributed by atoms with van der Waals surface area (Å²) in [4.78, 5) is 5.61. The van der Waals surface area contributed by atoms with Crippen molar-refractivity contribution in [1.82, 2.24) is 10.3 Å². The third kappa shape index (κ3) is 2.71. The maximum absolute atomic E-state index is 5.50. The first-order chi connectivity index (χ1) is 7.65. The second-order valence-corrected chi connectivity index (χ2v) is 5.19. The van der Waals surface area contributed by atoms with E-state index in [4.69, 9.17) is 4.42 Å². The number of furan rings is 1. The first-order valence-electron chi connectivity index (χ1n) is 5.36. The minimum atomic E-state index is 0.268. The SMILES string of the molecule is Cc1ccc(CNC(C)c2ncc(C)s2)o1. The fourth-order valence-electron chi connectivity index (χ4n) is 1.49. The van der Waals surface area contributed by atoms with Gasteiger partial charge in [-0.25, -0.2) is 4.98 Å². The molecule has 0 fully saturated rings. The third-order valence-electron chi connectivity index (χ3n) is 2.39. The monoisotopic (exact) mass is 236 g/mol. The van der Waals surface area contributed by atoms with Crippen LogP contribution >= 0.6 is 11.3 Å². The first-order valence-corrected chi connectivity index (χ1v) is 6.18. The Morgan fingerprint density at radius 3 is 2.81 bits per heavy atom. The van der Waals surface area contributed by atoms with E-state index in [1.54, 1.807) is 11.3 Å². The van der Waals surface area contributed by atoms with Crippen LogP contribution < -0.4 is 5.32 Å². The number of nitrogens with one attached hydrogen (secondary N) is 1. The molecule has 16 heavy (non-hydrogen) atoms. The molecule has 1 N–H and O–H groups in total. The lowest BCUT2D eigenvalue weighted by Crippen LogP contribution is -2.17. The molecule has 86 valence electrons. The van der Waals surface area contributed by atoms with Crippen LogP contribution in [0.4, 0.5) is 0 Å². The lowest BCUT2D eigenvalue weighted by atomic mass is 10.3. The van der Waals surface area contributed by atoms with Gasteiger partial charge in [-0.05, 0) is 32.9 Å². The molecule has 2 aromatic heterocycles. The molecule has 0 aliphatic heterocycles. The third-order valence-corrected chi connectivity index (χ3v) is 3.48. The largest absolute Gasteiger partial charge is 0.465 e. The first kappa shape index (κ1) is 11.4. The predicted octanol–water partition coefficient (Wildman–Crippen LogP) is 3.20. The Labute approximate surface area is 99.5 Å². The van der Waals surface area contributed by atoms with Crippen LogP contribution in [-0.4, -0.2) is 4.98 Å². The molecule has 0 aromatic carbocycles. The smallest absolute Gasteiger partial charge is 0.117 e. The molecular formula is C12H16N2OS. The molecule has 0 aliphatic rings. The van der Waals surface area contributed by atoms with Gasteiger partial charge in [0, 0.05) is 11.1 Å². The molecule has 3 nitrogen and oxygen atoms in total. The van der Waals surface area contributed by atoms with E-state index in [-0.39, 0.29) is 6.04 Å². The van der Waals surface area contributed by atoms with Crippen LogP contribution in [0.2, 0.25) is 0 Å². The van der Waals surface area contributed by atoms with Gasteiger partial charge in [-0.3, -0.25) is 0 Å². The summed E-state index contributed by atoms with van der Waals surface area (Å²) in [6.07, 6.45) is 1.91. The van der Waals surface area contributed by atoms with Gasteiger partial charge in [0.2, 0.25) is 0 Å². The molecule has 1 unspecified atom stereocenters. The average molecular weight is 236 g/mol. The zero-order valence-electron chi connectivity index (χ0n) is 9.78. The summed E-state index contributed by atoms with van der Waals surface area (Å²) in [6, 6.07) is 4.25. The molecule has 0 radical (unpaired) electrons. The van der Waals surface area contributed by atoms with Gasteiger partial charge >= 0.3 is 0 Å². The summed E-state index contributed by atoms with van der Waals surface area (Å²) in [5.74, 6) is 1.92.